The molecule has 8 nitrogen and oxygen atoms in total. The van der Waals surface area contributed by atoms with Crippen molar-refractivity contribution in [2.45, 2.75) is 175 Å². The Morgan fingerprint density at radius 2 is 0.927 bits per heavy atom. The summed E-state index contributed by atoms with van der Waals surface area (Å²) >= 11 is 0. The van der Waals surface area contributed by atoms with Gasteiger partial charge in [0.25, 0.3) is 0 Å². The maximum atomic E-state index is 12.5. The first kappa shape index (κ1) is 52.2. The molecule has 0 aromatic heterocycles. The zero-order valence-corrected chi connectivity index (χ0v) is 35.7. The number of rotatable bonds is 38. The van der Waals surface area contributed by atoms with E-state index >= 15 is 0 Å². The molecular formula is C46H77O8P. The number of unbranched alkanes of at least 4 members (excludes halogenated alkanes) is 12. The van der Waals surface area contributed by atoms with Gasteiger partial charge in [-0.05, 0) is 96.8 Å². The largest absolute Gasteiger partial charge is 0.472 e. The molecule has 55 heavy (non-hydrogen) atoms. The molecule has 0 spiro atoms. The molecule has 0 saturated heterocycles. The van der Waals surface area contributed by atoms with Crippen LogP contribution in [-0.2, 0) is 32.7 Å². The van der Waals surface area contributed by atoms with E-state index in [-0.39, 0.29) is 26.1 Å². The molecule has 0 aromatic carbocycles. The Kier molecular flexibility index (Phi) is 38.8. The fourth-order valence-corrected chi connectivity index (χ4v) is 6.09. The van der Waals surface area contributed by atoms with Gasteiger partial charge in [-0.25, -0.2) is 4.57 Å². The van der Waals surface area contributed by atoms with Crippen molar-refractivity contribution in [1.29, 1.82) is 0 Å². The molecule has 314 valence electrons. The summed E-state index contributed by atoms with van der Waals surface area (Å²) in [5.41, 5.74) is 0. The fourth-order valence-electron chi connectivity index (χ4n) is 5.33. The Morgan fingerprint density at radius 1 is 0.509 bits per heavy atom. The fraction of sp³-hybridized carbons (Fsp3) is 0.652. The van der Waals surface area contributed by atoms with Crippen molar-refractivity contribution in [3.8, 4) is 0 Å². The van der Waals surface area contributed by atoms with E-state index in [1.165, 1.54) is 32.1 Å². The predicted molar refractivity (Wildman–Crippen MR) is 230 cm³/mol. The van der Waals surface area contributed by atoms with Crippen LogP contribution in [0.5, 0.6) is 0 Å². The second kappa shape index (κ2) is 40.9. The zero-order valence-electron chi connectivity index (χ0n) is 34.8. The average Bonchev–Trinajstić information content (AvgIpc) is 3.16. The van der Waals surface area contributed by atoms with E-state index in [1.54, 1.807) is 6.92 Å². The molecule has 0 aromatic rings. The van der Waals surface area contributed by atoms with Gasteiger partial charge in [0.2, 0.25) is 0 Å². The molecule has 0 heterocycles. The van der Waals surface area contributed by atoms with Crippen LogP contribution < -0.4 is 0 Å². The normalized spacial score (nSPS) is 14.2. The molecule has 0 rings (SSSR count). The van der Waals surface area contributed by atoms with E-state index < -0.39 is 32.5 Å². The lowest BCUT2D eigenvalue weighted by Gasteiger charge is -2.19. The molecular weight excluding hydrogens is 711 g/mol. The summed E-state index contributed by atoms with van der Waals surface area (Å²) in [6.07, 6.45) is 52.0. The minimum atomic E-state index is -4.30. The van der Waals surface area contributed by atoms with Crippen LogP contribution in [-0.4, -0.2) is 42.8 Å². The lowest BCUT2D eigenvalue weighted by molar-refractivity contribution is -0.161. The molecule has 1 N–H and O–H groups in total. The highest BCUT2D eigenvalue weighted by molar-refractivity contribution is 7.47. The first-order chi connectivity index (χ1) is 26.8. The Morgan fingerprint density at radius 3 is 1.42 bits per heavy atom. The van der Waals surface area contributed by atoms with Crippen molar-refractivity contribution in [1.82, 2.24) is 0 Å². The highest BCUT2D eigenvalue weighted by Crippen LogP contribution is 2.43. The smallest absolute Gasteiger partial charge is 0.462 e. The van der Waals surface area contributed by atoms with Crippen molar-refractivity contribution in [2.75, 3.05) is 19.8 Å². The molecule has 0 radical (unpaired) electrons. The summed E-state index contributed by atoms with van der Waals surface area (Å²) in [4.78, 5) is 34.7. The molecule has 0 aliphatic rings. The zero-order chi connectivity index (χ0) is 40.3. The maximum Gasteiger partial charge on any atom is 0.472 e. The molecule has 0 aliphatic carbocycles. The van der Waals surface area contributed by atoms with Crippen LogP contribution in [0.2, 0.25) is 0 Å². The number of allylic oxidation sites excluding steroid dienone is 14. The Hall–Kier alpha value is -2.77. The minimum absolute atomic E-state index is 0.0134. The number of ether oxygens (including phenoxy) is 2. The monoisotopic (exact) mass is 789 g/mol. The summed E-state index contributed by atoms with van der Waals surface area (Å²) in [7, 11) is -4.30. The predicted octanol–water partition coefficient (Wildman–Crippen LogP) is 13.5. The summed E-state index contributed by atoms with van der Waals surface area (Å²) < 4.78 is 32.6. The van der Waals surface area contributed by atoms with Crippen molar-refractivity contribution in [3.63, 3.8) is 0 Å². The van der Waals surface area contributed by atoms with Crippen LogP contribution in [0, 0.1) is 0 Å². The van der Waals surface area contributed by atoms with E-state index in [9.17, 15) is 19.0 Å². The molecule has 0 saturated carbocycles. The molecule has 9 heteroatoms. The second-order valence-electron chi connectivity index (χ2n) is 13.6. The third kappa shape index (κ3) is 40.7. The number of carbonyl (C=O) groups is 2. The topological polar surface area (TPSA) is 108 Å². The number of hydrogen-bond acceptors (Lipinski definition) is 7. The lowest BCUT2D eigenvalue weighted by atomic mass is 10.1. The minimum Gasteiger partial charge on any atom is -0.462 e. The Labute approximate surface area is 335 Å². The third-order valence-corrected chi connectivity index (χ3v) is 9.49. The van der Waals surface area contributed by atoms with E-state index in [2.05, 4.69) is 98.9 Å². The van der Waals surface area contributed by atoms with Crippen molar-refractivity contribution in [2.24, 2.45) is 0 Å². The molecule has 0 amide bonds. The van der Waals surface area contributed by atoms with Gasteiger partial charge in [-0.1, -0.05) is 144 Å². The molecule has 2 unspecified atom stereocenters. The summed E-state index contributed by atoms with van der Waals surface area (Å²) in [6, 6.07) is 0. The molecule has 0 fully saturated rings. The molecule has 0 aliphatic heterocycles. The average molecular weight is 789 g/mol. The number of carbonyl (C=O) groups excluding carboxylic acids is 2. The summed E-state index contributed by atoms with van der Waals surface area (Å²) in [5.74, 6) is -0.859. The van der Waals surface area contributed by atoms with Crippen LogP contribution >= 0.6 is 7.82 Å². The molecule has 0 bridgehead atoms. The standard InChI is InChI=1S/C46H77O8P/c1-4-7-9-11-13-15-17-19-21-23-24-25-27-29-31-33-35-37-39-41-46(48)54-44(43-53-55(49,50)52-6-3)42-51-45(47)40-38-36-34-32-30-28-26-22-20-18-16-14-12-10-8-5-2/h7,9,13,15-16,18-19,21-22,24-26,29,31,44H,4-6,8,10-12,14,17,20,23,27-28,30,32-43H2,1-3H3,(H,49,50)/b9-7-,15-13-,18-16-,21-19-,25-24-,26-22-,31-29-. The van der Waals surface area contributed by atoms with Crippen molar-refractivity contribution in [3.05, 3.63) is 85.1 Å². The quantitative estimate of drug-likeness (QED) is 0.0285. The number of phosphoric acid groups is 1. The summed E-state index contributed by atoms with van der Waals surface area (Å²) in [5, 5.41) is 0. The van der Waals surface area contributed by atoms with Crippen LogP contribution in [0.3, 0.4) is 0 Å². The number of hydrogen-bond donors (Lipinski definition) is 1. The highest BCUT2D eigenvalue weighted by Gasteiger charge is 2.25. The Balaban J connectivity index is 4.21. The van der Waals surface area contributed by atoms with Crippen LogP contribution in [0.4, 0.5) is 0 Å². The van der Waals surface area contributed by atoms with Crippen LogP contribution in [0.25, 0.3) is 0 Å². The first-order valence-electron chi connectivity index (χ1n) is 21.4. The van der Waals surface area contributed by atoms with Gasteiger partial charge in [0.05, 0.1) is 13.2 Å². The Bertz CT molecular complexity index is 1170. The summed E-state index contributed by atoms with van der Waals surface area (Å²) in [6.45, 7) is 5.27. The van der Waals surface area contributed by atoms with Gasteiger partial charge >= 0.3 is 19.8 Å². The lowest BCUT2D eigenvalue weighted by Crippen LogP contribution is -2.29. The first-order valence-corrected chi connectivity index (χ1v) is 22.9. The van der Waals surface area contributed by atoms with Gasteiger partial charge in [-0.3, -0.25) is 18.6 Å². The van der Waals surface area contributed by atoms with Crippen LogP contribution in [0.1, 0.15) is 168 Å². The van der Waals surface area contributed by atoms with Gasteiger partial charge in [0.1, 0.15) is 6.61 Å². The van der Waals surface area contributed by atoms with Gasteiger partial charge in [-0.2, -0.15) is 0 Å². The van der Waals surface area contributed by atoms with Gasteiger partial charge < -0.3 is 14.4 Å². The van der Waals surface area contributed by atoms with Crippen molar-refractivity contribution < 1.29 is 37.6 Å². The van der Waals surface area contributed by atoms with E-state index in [4.69, 9.17) is 18.5 Å². The van der Waals surface area contributed by atoms with Gasteiger partial charge in [0, 0.05) is 12.8 Å². The van der Waals surface area contributed by atoms with Crippen LogP contribution in [0.15, 0.2) is 85.1 Å². The van der Waals surface area contributed by atoms with E-state index in [1.807, 2.05) is 0 Å². The number of esters is 2. The SMILES string of the molecule is CC/C=C\C/C=C\C/C=C\C/C=C\C/C=C\CCCCCC(=O)OC(COC(=O)CCCCCCC/C=C\C/C=C\CCCCCC)COP(=O)(O)OCC. The maximum absolute atomic E-state index is 12.5. The number of phosphoric ester groups is 1. The third-order valence-electron chi connectivity index (χ3n) is 8.44. The van der Waals surface area contributed by atoms with E-state index in [0.717, 1.165) is 89.9 Å². The van der Waals surface area contributed by atoms with Gasteiger partial charge in [-0.15, -0.1) is 0 Å². The van der Waals surface area contributed by atoms with Crippen molar-refractivity contribution >= 4 is 19.8 Å². The molecule has 2 atom stereocenters. The second-order valence-corrected chi connectivity index (χ2v) is 15.1. The highest BCUT2D eigenvalue weighted by atomic mass is 31.2. The van der Waals surface area contributed by atoms with Gasteiger partial charge in [0.15, 0.2) is 6.10 Å². The van der Waals surface area contributed by atoms with E-state index in [0.29, 0.717) is 12.8 Å².